The van der Waals surface area contributed by atoms with Crippen LogP contribution in [0, 0.1) is 0 Å². The predicted octanol–water partition coefficient (Wildman–Crippen LogP) is 26.5. The molecule has 2 aliphatic heterocycles. The highest BCUT2D eigenvalue weighted by molar-refractivity contribution is 7.00. The molecule has 0 spiro atoms. The third-order valence-corrected chi connectivity index (χ3v) is 23.9. The van der Waals surface area contributed by atoms with E-state index < -0.39 is 0 Å². The molecule has 5 nitrogen and oxygen atoms in total. The fourth-order valence-electron chi connectivity index (χ4n) is 18.1. The molecular formula is C104H94BN5. The lowest BCUT2D eigenvalue weighted by molar-refractivity contribution is 0.590. The summed E-state index contributed by atoms with van der Waals surface area (Å²) < 4.78 is 7.68. The highest BCUT2D eigenvalue weighted by Crippen LogP contribution is 2.55. The summed E-state index contributed by atoms with van der Waals surface area (Å²) in [6.45, 7) is 35.1. The van der Waals surface area contributed by atoms with E-state index >= 15 is 0 Å². The van der Waals surface area contributed by atoms with E-state index in [4.69, 9.17) is 0 Å². The molecule has 0 radical (unpaired) electrons. The Balaban J connectivity index is 0.980. The van der Waals surface area contributed by atoms with Gasteiger partial charge in [0.2, 0.25) is 0 Å². The van der Waals surface area contributed by atoms with Crippen LogP contribution in [0.3, 0.4) is 0 Å². The van der Waals surface area contributed by atoms with Gasteiger partial charge >= 0.3 is 0 Å². The average Bonchev–Trinajstić information content (AvgIpc) is 0.829. The molecule has 14 aromatic carbocycles. The molecule has 19 rings (SSSR count). The van der Waals surface area contributed by atoms with E-state index in [1.54, 1.807) is 0 Å². The van der Waals surface area contributed by atoms with Crippen molar-refractivity contribution in [3.8, 4) is 50.4 Å². The van der Waals surface area contributed by atoms with Crippen LogP contribution in [0.4, 0.5) is 34.1 Å². The van der Waals surface area contributed by atoms with Gasteiger partial charge < -0.3 is 23.5 Å². The van der Waals surface area contributed by atoms with Gasteiger partial charge in [-0.05, 0) is 197 Å². The Morgan fingerprint density at radius 3 is 1.23 bits per heavy atom. The Labute approximate surface area is 648 Å². The number of rotatable bonds is 8. The van der Waals surface area contributed by atoms with Gasteiger partial charge in [-0.2, -0.15) is 0 Å². The molecule has 2 aliphatic rings. The quantitative estimate of drug-likeness (QED) is 0.141. The first-order chi connectivity index (χ1) is 52.8. The van der Waals surface area contributed by atoms with E-state index in [1.165, 1.54) is 121 Å². The minimum atomic E-state index is -0.327. The van der Waals surface area contributed by atoms with Crippen molar-refractivity contribution in [3.05, 3.63) is 325 Å². The summed E-state index contributed by atoms with van der Waals surface area (Å²) in [6, 6.07) is 115. The van der Waals surface area contributed by atoms with Crippen molar-refractivity contribution in [1.82, 2.24) is 13.7 Å². The summed E-state index contributed by atoms with van der Waals surface area (Å²) in [7, 11) is 0. The molecule has 0 aliphatic carbocycles. The summed E-state index contributed by atoms with van der Waals surface area (Å²) in [4.78, 5) is 5.45. The Kier molecular flexibility index (Phi) is 15.5. The SMILES string of the molecule is CC(C)(C)c1cccc(-c2ccc3c(c2)B2c4ccc(-n5c6ccc(C(C)(C)C)cc6c6cc(C(C)(C)C)ccc65)cc4N(c4c(-c5ccccc5)cc(C(C)(C)C)cc4-c4ccccc4)c4cc(C(C)(C)C)cc(c42)N3c2cccc3c4cccc(-n5c6ccccc6c6ccccc65)c4n(-c4ccccc4)c23)c1. The molecule has 0 atom stereocenters. The van der Waals surface area contributed by atoms with Gasteiger partial charge in [0.25, 0.3) is 6.71 Å². The lowest BCUT2D eigenvalue weighted by Gasteiger charge is -2.46. The normalized spacial score (nSPS) is 13.4. The van der Waals surface area contributed by atoms with Gasteiger partial charge in [-0.1, -0.05) is 298 Å². The summed E-state index contributed by atoms with van der Waals surface area (Å²) in [5.41, 5.74) is 33.7. The first kappa shape index (κ1) is 68.7. The predicted molar refractivity (Wildman–Crippen MR) is 473 cm³/mol. The minimum absolute atomic E-state index is 0.0595. The lowest BCUT2D eigenvalue weighted by Crippen LogP contribution is -2.61. The smallest absolute Gasteiger partial charge is 0.252 e. The first-order valence-electron chi connectivity index (χ1n) is 39.4. The Hall–Kier alpha value is -11.9. The second-order valence-electron chi connectivity index (χ2n) is 36.2. The number of para-hydroxylation sites is 5. The molecule has 0 unspecified atom stereocenters. The Bertz CT molecular complexity index is 6420. The topological polar surface area (TPSA) is 21.3 Å². The second-order valence-corrected chi connectivity index (χ2v) is 36.2. The van der Waals surface area contributed by atoms with E-state index in [0.29, 0.717) is 0 Å². The maximum atomic E-state index is 2.75. The highest BCUT2D eigenvalue weighted by atomic mass is 15.2. The molecular weight excluding hydrogens is 1330 g/mol. The maximum Gasteiger partial charge on any atom is 0.252 e. The number of anilines is 6. The molecule has 17 aromatic rings. The van der Waals surface area contributed by atoms with Gasteiger partial charge in [-0.25, -0.2) is 0 Å². The highest BCUT2D eigenvalue weighted by Gasteiger charge is 2.46. The van der Waals surface area contributed by atoms with Gasteiger partial charge in [-0.15, -0.1) is 0 Å². The zero-order valence-electron chi connectivity index (χ0n) is 66.1. The number of nitrogens with zero attached hydrogens (tertiary/aromatic N) is 5. The zero-order chi connectivity index (χ0) is 75.8. The number of aromatic nitrogens is 3. The van der Waals surface area contributed by atoms with Crippen molar-refractivity contribution in [1.29, 1.82) is 0 Å². The minimum Gasteiger partial charge on any atom is -0.310 e. The molecule has 3 aromatic heterocycles. The summed E-state index contributed by atoms with van der Waals surface area (Å²) >= 11 is 0. The number of fused-ring (bicyclic) bond motifs is 13. The Morgan fingerprint density at radius 2 is 0.673 bits per heavy atom. The van der Waals surface area contributed by atoms with E-state index in [9.17, 15) is 0 Å². The molecule has 0 fully saturated rings. The van der Waals surface area contributed by atoms with Gasteiger partial charge in [0, 0.05) is 77.6 Å². The van der Waals surface area contributed by atoms with Crippen molar-refractivity contribution in [3.63, 3.8) is 0 Å². The van der Waals surface area contributed by atoms with Crippen molar-refractivity contribution >= 4 is 123 Å². The first-order valence-corrected chi connectivity index (χ1v) is 39.4. The summed E-state index contributed by atoms with van der Waals surface area (Å²) in [5.74, 6) is 0. The third kappa shape index (κ3) is 10.9. The van der Waals surface area contributed by atoms with Crippen LogP contribution < -0.4 is 26.2 Å². The number of benzene rings is 14. The maximum absolute atomic E-state index is 2.75. The molecule has 0 bridgehead atoms. The number of hydrogen-bond acceptors (Lipinski definition) is 2. The van der Waals surface area contributed by atoms with Crippen molar-refractivity contribution < 1.29 is 0 Å². The largest absolute Gasteiger partial charge is 0.310 e. The molecule has 0 saturated carbocycles. The fraction of sp³-hybridized carbons (Fsp3) is 0.192. The van der Waals surface area contributed by atoms with Crippen molar-refractivity contribution in [2.75, 3.05) is 9.80 Å². The van der Waals surface area contributed by atoms with Crippen LogP contribution in [0.15, 0.2) is 297 Å². The molecule has 6 heteroatoms. The zero-order valence-corrected chi connectivity index (χ0v) is 66.1. The van der Waals surface area contributed by atoms with Gasteiger partial charge in [-0.3, -0.25) is 0 Å². The summed E-state index contributed by atoms with van der Waals surface area (Å²) in [5, 5.41) is 7.36. The lowest BCUT2D eigenvalue weighted by atomic mass is 9.33. The van der Waals surface area contributed by atoms with Crippen molar-refractivity contribution in [2.24, 2.45) is 0 Å². The standard InChI is InChI=1S/C104H94BN5/c1-100(2,3)69-37-29-36-67(56-69)68-48-53-90-85(57-68)105-84-52-51-75(106-88-54-49-70(101(4,5)6)58-82(88)83-59-71(102(7,8)9)50-55-89(83)106)64-93(84)110(97-80(65-32-19-16-20-33-65)60-72(103(10,11)12)61-81(97)66-34-21-17-22-35-66)95-63-73(104(13,14)15)62-94(96(95)105)109(90)92-47-31-43-79-78-42-30-46-91(98(78)107(99(79)92)74-38-23-18-24-39-74)108-86-44-27-25-40-76(86)77-41-26-28-45-87(77)108/h16-64H,1-15H3. The van der Waals surface area contributed by atoms with Crippen LogP contribution in [0.1, 0.15) is 132 Å². The fourth-order valence-corrected chi connectivity index (χ4v) is 18.1. The molecule has 110 heavy (non-hydrogen) atoms. The van der Waals surface area contributed by atoms with Gasteiger partial charge in [0.15, 0.2) is 0 Å². The van der Waals surface area contributed by atoms with Gasteiger partial charge in [0.05, 0.1) is 50.2 Å². The monoisotopic (exact) mass is 1420 g/mol. The molecule has 0 saturated heterocycles. The van der Waals surface area contributed by atoms with Gasteiger partial charge in [0.1, 0.15) is 0 Å². The molecule has 538 valence electrons. The van der Waals surface area contributed by atoms with Crippen LogP contribution in [-0.2, 0) is 27.1 Å². The third-order valence-electron chi connectivity index (χ3n) is 23.9. The van der Waals surface area contributed by atoms with Crippen LogP contribution >= 0.6 is 0 Å². The summed E-state index contributed by atoms with van der Waals surface area (Å²) in [6.07, 6.45) is 0. The molecule has 0 amide bonds. The van der Waals surface area contributed by atoms with Crippen LogP contribution in [-0.4, -0.2) is 20.4 Å². The molecule has 0 N–H and O–H groups in total. The van der Waals surface area contributed by atoms with Crippen molar-refractivity contribution in [2.45, 2.75) is 131 Å². The molecule has 5 heterocycles. The second kappa shape index (κ2) is 24.8. The van der Waals surface area contributed by atoms with E-state index in [1.807, 2.05) is 0 Å². The van der Waals surface area contributed by atoms with Crippen LogP contribution in [0.5, 0.6) is 0 Å². The Morgan fingerprint density at radius 1 is 0.227 bits per heavy atom. The number of hydrogen-bond donors (Lipinski definition) is 0. The van der Waals surface area contributed by atoms with E-state index in [2.05, 4.69) is 425 Å². The van der Waals surface area contributed by atoms with Crippen LogP contribution in [0.2, 0.25) is 0 Å². The van der Waals surface area contributed by atoms with E-state index in [0.717, 1.165) is 73.3 Å². The van der Waals surface area contributed by atoms with Crippen LogP contribution in [0.25, 0.3) is 116 Å². The average molecular weight is 1420 g/mol. The van der Waals surface area contributed by atoms with E-state index in [-0.39, 0.29) is 33.8 Å².